The van der Waals surface area contributed by atoms with Crippen molar-refractivity contribution in [2.45, 2.75) is 19.9 Å². The molecule has 0 saturated heterocycles. The highest BCUT2D eigenvalue weighted by Crippen LogP contribution is 2.29. The van der Waals surface area contributed by atoms with Crippen molar-refractivity contribution in [2.24, 2.45) is 5.73 Å². The monoisotopic (exact) mass is 275 g/mol. The molecule has 1 atom stereocenters. The van der Waals surface area contributed by atoms with Crippen molar-refractivity contribution >= 4 is 11.6 Å². The van der Waals surface area contributed by atoms with Crippen molar-refractivity contribution in [1.29, 1.82) is 0 Å². The van der Waals surface area contributed by atoms with Crippen LogP contribution in [0.1, 0.15) is 29.7 Å². The lowest BCUT2D eigenvalue weighted by Crippen LogP contribution is -2.13. The summed E-state index contributed by atoms with van der Waals surface area (Å²) in [6.45, 7) is 4.57. The van der Waals surface area contributed by atoms with Gasteiger partial charge in [0.05, 0.1) is 12.6 Å². The number of para-hydroxylation sites is 1. The van der Waals surface area contributed by atoms with Crippen LogP contribution in [0, 0.1) is 6.92 Å². The third-order valence-electron chi connectivity index (χ3n) is 3.10. The van der Waals surface area contributed by atoms with E-state index in [-0.39, 0.29) is 6.04 Å². The molecule has 0 aliphatic rings. The van der Waals surface area contributed by atoms with E-state index in [2.05, 4.69) is 0 Å². The lowest BCUT2D eigenvalue weighted by Gasteiger charge is -2.17. The first-order valence-electron chi connectivity index (χ1n) is 6.36. The smallest absolute Gasteiger partial charge is 0.124 e. The quantitative estimate of drug-likeness (QED) is 0.912. The molecule has 0 radical (unpaired) electrons. The van der Waals surface area contributed by atoms with E-state index >= 15 is 0 Å². The molecular formula is C16H18ClNO. The van der Waals surface area contributed by atoms with Gasteiger partial charge in [0.2, 0.25) is 0 Å². The maximum Gasteiger partial charge on any atom is 0.124 e. The van der Waals surface area contributed by atoms with Crippen LogP contribution >= 0.6 is 11.6 Å². The Bertz CT molecular complexity index is 568. The molecule has 2 aromatic rings. The van der Waals surface area contributed by atoms with E-state index in [1.807, 2.05) is 56.3 Å². The zero-order valence-corrected chi connectivity index (χ0v) is 11.9. The summed E-state index contributed by atoms with van der Waals surface area (Å²) in [4.78, 5) is 0. The number of ether oxygens (including phenoxy) is 1. The molecule has 0 aliphatic carbocycles. The van der Waals surface area contributed by atoms with Gasteiger partial charge in [-0.15, -0.1) is 0 Å². The highest BCUT2D eigenvalue weighted by atomic mass is 35.5. The topological polar surface area (TPSA) is 35.2 Å². The second-order valence-corrected chi connectivity index (χ2v) is 4.86. The standard InChI is InChI=1S/C16H18ClNO/c1-3-19-15-7-5-4-6-13(15)16(18)12-8-9-14(17)11(2)10-12/h4-10,16H,3,18H2,1-2H3. The summed E-state index contributed by atoms with van der Waals surface area (Å²) < 4.78 is 5.63. The average molecular weight is 276 g/mol. The summed E-state index contributed by atoms with van der Waals surface area (Å²) in [5, 5.41) is 0.758. The van der Waals surface area contributed by atoms with Crippen LogP contribution in [0.25, 0.3) is 0 Å². The number of hydrogen-bond acceptors (Lipinski definition) is 2. The number of nitrogens with two attached hydrogens (primary N) is 1. The van der Waals surface area contributed by atoms with Crippen LogP contribution in [0.2, 0.25) is 5.02 Å². The lowest BCUT2D eigenvalue weighted by molar-refractivity contribution is 0.335. The summed E-state index contributed by atoms with van der Waals surface area (Å²) in [7, 11) is 0. The van der Waals surface area contributed by atoms with Crippen LogP contribution < -0.4 is 10.5 Å². The van der Waals surface area contributed by atoms with Crippen LogP contribution in [0.3, 0.4) is 0 Å². The minimum Gasteiger partial charge on any atom is -0.494 e. The fourth-order valence-electron chi connectivity index (χ4n) is 2.07. The molecule has 0 aromatic heterocycles. The molecule has 2 nitrogen and oxygen atoms in total. The molecule has 0 amide bonds. The minimum absolute atomic E-state index is 0.210. The van der Waals surface area contributed by atoms with Crippen LogP contribution in [0.5, 0.6) is 5.75 Å². The molecule has 0 heterocycles. The second-order valence-electron chi connectivity index (χ2n) is 4.46. The zero-order valence-electron chi connectivity index (χ0n) is 11.2. The highest BCUT2D eigenvalue weighted by Gasteiger charge is 2.14. The number of hydrogen-bond donors (Lipinski definition) is 1. The Morgan fingerprint density at radius 3 is 2.63 bits per heavy atom. The predicted octanol–water partition coefficient (Wildman–Crippen LogP) is 4.10. The van der Waals surface area contributed by atoms with E-state index in [0.717, 1.165) is 27.5 Å². The van der Waals surface area contributed by atoms with Gasteiger partial charge in [-0.3, -0.25) is 0 Å². The van der Waals surface area contributed by atoms with Crippen LogP contribution in [-0.4, -0.2) is 6.61 Å². The zero-order chi connectivity index (χ0) is 13.8. The van der Waals surface area contributed by atoms with E-state index < -0.39 is 0 Å². The molecule has 2 rings (SSSR count). The van der Waals surface area contributed by atoms with Crippen molar-refractivity contribution in [3.05, 3.63) is 64.2 Å². The maximum absolute atomic E-state index is 6.34. The SMILES string of the molecule is CCOc1ccccc1C(N)c1ccc(Cl)c(C)c1. The van der Waals surface area contributed by atoms with Gasteiger partial charge in [-0.25, -0.2) is 0 Å². The fraction of sp³-hybridized carbons (Fsp3) is 0.250. The van der Waals surface area contributed by atoms with Crippen molar-refractivity contribution in [3.8, 4) is 5.75 Å². The van der Waals surface area contributed by atoms with Crippen molar-refractivity contribution in [3.63, 3.8) is 0 Å². The molecule has 100 valence electrons. The van der Waals surface area contributed by atoms with Crippen molar-refractivity contribution in [2.75, 3.05) is 6.61 Å². The Hall–Kier alpha value is -1.51. The third kappa shape index (κ3) is 3.09. The molecule has 0 bridgehead atoms. The Morgan fingerprint density at radius 2 is 1.95 bits per heavy atom. The van der Waals surface area contributed by atoms with Gasteiger partial charge in [0.1, 0.15) is 5.75 Å². The number of halogens is 1. The lowest BCUT2D eigenvalue weighted by atomic mass is 9.97. The van der Waals surface area contributed by atoms with Gasteiger partial charge in [0.25, 0.3) is 0 Å². The molecule has 0 saturated carbocycles. The number of benzene rings is 2. The number of rotatable bonds is 4. The van der Waals surface area contributed by atoms with Crippen LogP contribution in [0.4, 0.5) is 0 Å². The molecule has 19 heavy (non-hydrogen) atoms. The van der Waals surface area contributed by atoms with E-state index in [4.69, 9.17) is 22.1 Å². The molecule has 0 fully saturated rings. The largest absolute Gasteiger partial charge is 0.494 e. The normalized spacial score (nSPS) is 12.2. The van der Waals surface area contributed by atoms with Crippen LogP contribution in [0.15, 0.2) is 42.5 Å². The second kappa shape index (κ2) is 6.09. The summed E-state index contributed by atoms with van der Waals surface area (Å²) in [5.41, 5.74) is 9.40. The maximum atomic E-state index is 6.34. The first-order chi connectivity index (χ1) is 9.13. The molecule has 3 heteroatoms. The van der Waals surface area contributed by atoms with Gasteiger partial charge in [-0.05, 0) is 37.1 Å². The Balaban J connectivity index is 2.37. The van der Waals surface area contributed by atoms with Crippen LogP contribution in [-0.2, 0) is 0 Å². The van der Waals surface area contributed by atoms with Gasteiger partial charge in [0.15, 0.2) is 0 Å². The Labute approximate surface area is 119 Å². The summed E-state index contributed by atoms with van der Waals surface area (Å²) in [6, 6.07) is 13.5. The van der Waals surface area contributed by atoms with E-state index in [1.54, 1.807) is 0 Å². The van der Waals surface area contributed by atoms with E-state index in [9.17, 15) is 0 Å². The summed E-state index contributed by atoms with van der Waals surface area (Å²) in [6.07, 6.45) is 0. The highest BCUT2D eigenvalue weighted by molar-refractivity contribution is 6.31. The summed E-state index contributed by atoms with van der Waals surface area (Å²) in [5.74, 6) is 0.838. The van der Waals surface area contributed by atoms with E-state index in [0.29, 0.717) is 6.61 Å². The summed E-state index contributed by atoms with van der Waals surface area (Å²) >= 11 is 6.05. The Morgan fingerprint density at radius 1 is 1.21 bits per heavy atom. The van der Waals surface area contributed by atoms with E-state index in [1.165, 1.54) is 0 Å². The van der Waals surface area contributed by atoms with Gasteiger partial charge in [-0.1, -0.05) is 41.9 Å². The number of aryl methyl sites for hydroxylation is 1. The predicted molar refractivity (Wildman–Crippen MR) is 79.8 cm³/mol. The van der Waals surface area contributed by atoms with Crippen molar-refractivity contribution < 1.29 is 4.74 Å². The molecule has 0 aliphatic heterocycles. The molecule has 1 unspecified atom stereocenters. The molecule has 2 N–H and O–H groups in total. The average Bonchev–Trinajstić information content (AvgIpc) is 2.42. The first-order valence-corrected chi connectivity index (χ1v) is 6.74. The Kier molecular flexibility index (Phi) is 4.46. The molecular weight excluding hydrogens is 258 g/mol. The first kappa shape index (κ1) is 13.9. The molecule has 0 spiro atoms. The van der Waals surface area contributed by atoms with Gasteiger partial charge in [-0.2, -0.15) is 0 Å². The minimum atomic E-state index is -0.210. The molecule has 2 aromatic carbocycles. The third-order valence-corrected chi connectivity index (χ3v) is 3.52. The van der Waals surface area contributed by atoms with Gasteiger partial charge in [0, 0.05) is 10.6 Å². The van der Waals surface area contributed by atoms with Gasteiger partial charge < -0.3 is 10.5 Å². The van der Waals surface area contributed by atoms with Crippen molar-refractivity contribution in [1.82, 2.24) is 0 Å². The van der Waals surface area contributed by atoms with Gasteiger partial charge >= 0.3 is 0 Å². The fourth-order valence-corrected chi connectivity index (χ4v) is 2.18.